The van der Waals surface area contributed by atoms with Crippen LogP contribution in [-0.4, -0.2) is 23.5 Å². The molecular weight excluding hydrogens is 282 g/mol. The molecule has 0 atom stereocenters. The van der Waals surface area contributed by atoms with E-state index in [1.165, 1.54) is 4.90 Å². The summed E-state index contributed by atoms with van der Waals surface area (Å²) in [6, 6.07) is 10.7. The molecule has 0 unspecified atom stereocenters. The number of hydrogen-bond acceptors (Lipinski definition) is 4. The molecule has 4 rings (SSSR count). The van der Waals surface area contributed by atoms with Crippen LogP contribution in [0.1, 0.15) is 31.8 Å². The van der Waals surface area contributed by atoms with Gasteiger partial charge in [0, 0.05) is 0 Å². The zero-order valence-electron chi connectivity index (χ0n) is 12.0. The van der Waals surface area contributed by atoms with Crippen LogP contribution in [0.2, 0.25) is 0 Å². The molecule has 0 aliphatic carbocycles. The molecule has 0 bridgehead atoms. The van der Waals surface area contributed by atoms with Gasteiger partial charge in [0.25, 0.3) is 11.8 Å². The molecule has 0 aromatic heterocycles. The summed E-state index contributed by atoms with van der Waals surface area (Å²) in [5.74, 6) is 0.825. The Morgan fingerprint density at radius 3 is 2.59 bits per heavy atom. The van der Waals surface area contributed by atoms with Crippen molar-refractivity contribution in [3.8, 4) is 11.5 Å². The summed E-state index contributed by atoms with van der Waals surface area (Å²) in [6.07, 6.45) is 0. The third-order valence-electron chi connectivity index (χ3n) is 3.90. The topological polar surface area (TPSA) is 55.8 Å². The first-order chi connectivity index (χ1) is 10.6. The second-order valence-corrected chi connectivity index (χ2v) is 5.43. The minimum atomic E-state index is -0.252. The fourth-order valence-corrected chi connectivity index (χ4v) is 2.77. The Bertz CT molecular complexity index is 812. The number of carbonyl (C=O) groups excluding carboxylic acids is 2. The largest absolute Gasteiger partial charge is 0.454 e. The molecule has 0 N–H and O–H groups in total. The van der Waals surface area contributed by atoms with E-state index in [4.69, 9.17) is 9.47 Å². The monoisotopic (exact) mass is 295 g/mol. The van der Waals surface area contributed by atoms with Gasteiger partial charge in [-0.05, 0) is 36.8 Å². The maximum absolute atomic E-state index is 12.4. The van der Waals surface area contributed by atoms with E-state index in [2.05, 4.69) is 0 Å². The van der Waals surface area contributed by atoms with Crippen LogP contribution >= 0.6 is 0 Å². The van der Waals surface area contributed by atoms with Crippen LogP contribution in [0.3, 0.4) is 0 Å². The lowest BCUT2D eigenvalue weighted by molar-refractivity contribution is 0.0642. The number of benzene rings is 2. The van der Waals surface area contributed by atoms with Crippen molar-refractivity contribution >= 4 is 11.8 Å². The molecule has 5 heteroatoms. The van der Waals surface area contributed by atoms with Crippen LogP contribution in [0.15, 0.2) is 36.4 Å². The summed E-state index contributed by atoms with van der Waals surface area (Å²) in [7, 11) is 0. The smallest absolute Gasteiger partial charge is 0.261 e. The van der Waals surface area contributed by atoms with Gasteiger partial charge in [-0.15, -0.1) is 0 Å². The molecule has 0 saturated heterocycles. The maximum Gasteiger partial charge on any atom is 0.261 e. The first-order valence-corrected chi connectivity index (χ1v) is 6.99. The number of nitrogens with zero attached hydrogens (tertiary/aromatic N) is 1. The van der Waals surface area contributed by atoms with E-state index in [-0.39, 0.29) is 25.2 Å². The Morgan fingerprint density at radius 2 is 1.73 bits per heavy atom. The number of rotatable bonds is 2. The molecule has 5 nitrogen and oxygen atoms in total. The van der Waals surface area contributed by atoms with Crippen LogP contribution in [0.25, 0.3) is 0 Å². The second-order valence-electron chi connectivity index (χ2n) is 5.43. The van der Waals surface area contributed by atoms with Gasteiger partial charge in [0.15, 0.2) is 11.5 Å². The van der Waals surface area contributed by atoms with Gasteiger partial charge in [0.1, 0.15) is 0 Å². The lowest BCUT2D eigenvalue weighted by Gasteiger charge is -2.14. The number of aryl methyl sites for hydroxylation is 1. The zero-order valence-corrected chi connectivity index (χ0v) is 12.0. The average molecular weight is 295 g/mol. The summed E-state index contributed by atoms with van der Waals surface area (Å²) in [4.78, 5) is 26.1. The molecule has 110 valence electrons. The molecule has 2 aliphatic rings. The highest BCUT2D eigenvalue weighted by atomic mass is 16.7. The summed E-state index contributed by atoms with van der Waals surface area (Å²) < 4.78 is 10.6. The molecule has 0 spiro atoms. The van der Waals surface area contributed by atoms with Gasteiger partial charge < -0.3 is 9.47 Å². The van der Waals surface area contributed by atoms with Crippen molar-refractivity contribution in [1.82, 2.24) is 4.90 Å². The van der Waals surface area contributed by atoms with Crippen molar-refractivity contribution in [3.05, 3.63) is 58.7 Å². The number of imide groups is 1. The van der Waals surface area contributed by atoms with E-state index in [1.54, 1.807) is 24.3 Å². The second kappa shape index (κ2) is 4.59. The maximum atomic E-state index is 12.4. The lowest BCUT2D eigenvalue weighted by atomic mass is 10.1. The predicted molar refractivity (Wildman–Crippen MR) is 77.9 cm³/mol. The Balaban J connectivity index is 1.64. The molecule has 22 heavy (non-hydrogen) atoms. The van der Waals surface area contributed by atoms with Crippen molar-refractivity contribution in [2.24, 2.45) is 0 Å². The first kappa shape index (κ1) is 12.9. The summed E-state index contributed by atoms with van der Waals surface area (Å²) in [5, 5.41) is 0. The van der Waals surface area contributed by atoms with Crippen LogP contribution in [-0.2, 0) is 6.54 Å². The van der Waals surface area contributed by atoms with Crippen molar-refractivity contribution in [2.75, 3.05) is 6.79 Å². The standard InChI is InChI=1S/C17H13NO4/c1-10-2-4-12-13(6-10)17(20)18(16(12)19)8-11-3-5-14-15(7-11)22-9-21-14/h2-7H,8-9H2,1H3. The van der Waals surface area contributed by atoms with Crippen LogP contribution in [0, 0.1) is 6.92 Å². The summed E-state index contributed by atoms with van der Waals surface area (Å²) in [6.45, 7) is 2.33. The SMILES string of the molecule is Cc1ccc2c(c1)C(=O)N(Cc1ccc3c(c1)OCO3)C2=O. The average Bonchev–Trinajstić information content (AvgIpc) is 3.06. The minimum absolute atomic E-state index is 0.199. The van der Waals surface area contributed by atoms with Gasteiger partial charge in [0.05, 0.1) is 17.7 Å². The van der Waals surface area contributed by atoms with Gasteiger partial charge in [-0.2, -0.15) is 0 Å². The number of fused-ring (bicyclic) bond motifs is 2. The molecule has 0 fully saturated rings. The van der Waals surface area contributed by atoms with Crippen LogP contribution < -0.4 is 9.47 Å². The van der Waals surface area contributed by atoms with E-state index in [1.807, 2.05) is 19.1 Å². The summed E-state index contributed by atoms with van der Waals surface area (Å²) >= 11 is 0. The highest BCUT2D eigenvalue weighted by Gasteiger charge is 2.35. The third kappa shape index (κ3) is 1.86. The highest BCUT2D eigenvalue weighted by molar-refractivity contribution is 6.21. The van der Waals surface area contributed by atoms with Gasteiger partial charge in [-0.3, -0.25) is 14.5 Å². The van der Waals surface area contributed by atoms with E-state index in [9.17, 15) is 9.59 Å². The molecule has 2 aliphatic heterocycles. The normalized spacial score (nSPS) is 15.4. The van der Waals surface area contributed by atoms with Crippen molar-refractivity contribution in [1.29, 1.82) is 0 Å². The van der Waals surface area contributed by atoms with Gasteiger partial charge in [0.2, 0.25) is 6.79 Å². The highest BCUT2D eigenvalue weighted by Crippen LogP contribution is 2.33. The molecule has 2 heterocycles. The van der Waals surface area contributed by atoms with Crippen molar-refractivity contribution in [3.63, 3.8) is 0 Å². The van der Waals surface area contributed by atoms with E-state index >= 15 is 0 Å². The Labute approximate surface area is 127 Å². The fourth-order valence-electron chi connectivity index (χ4n) is 2.77. The molecule has 2 amide bonds. The van der Waals surface area contributed by atoms with E-state index in [0.29, 0.717) is 22.6 Å². The van der Waals surface area contributed by atoms with Crippen molar-refractivity contribution < 1.29 is 19.1 Å². The number of hydrogen-bond donors (Lipinski definition) is 0. The van der Waals surface area contributed by atoms with Gasteiger partial charge in [-0.1, -0.05) is 17.7 Å². The number of ether oxygens (including phenoxy) is 2. The van der Waals surface area contributed by atoms with Gasteiger partial charge in [-0.25, -0.2) is 0 Å². The van der Waals surface area contributed by atoms with Crippen LogP contribution in [0.5, 0.6) is 11.5 Å². The molecule has 0 radical (unpaired) electrons. The number of carbonyl (C=O) groups is 2. The fraction of sp³-hybridized carbons (Fsp3) is 0.176. The molecule has 2 aromatic carbocycles. The van der Waals surface area contributed by atoms with Crippen LogP contribution in [0.4, 0.5) is 0 Å². The molecule has 0 saturated carbocycles. The lowest BCUT2D eigenvalue weighted by Crippen LogP contribution is -2.29. The first-order valence-electron chi connectivity index (χ1n) is 6.99. The summed E-state index contributed by atoms with van der Waals surface area (Å²) in [5.41, 5.74) is 2.74. The van der Waals surface area contributed by atoms with Crippen molar-refractivity contribution in [2.45, 2.75) is 13.5 Å². The third-order valence-corrected chi connectivity index (χ3v) is 3.90. The minimum Gasteiger partial charge on any atom is -0.454 e. The molecule has 2 aromatic rings. The Morgan fingerprint density at radius 1 is 0.955 bits per heavy atom. The van der Waals surface area contributed by atoms with E-state index in [0.717, 1.165) is 11.1 Å². The Kier molecular flexibility index (Phi) is 2.69. The Hall–Kier alpha value is -2.82. The quantitative estimate of drug-likeness (QED) is 0.799. The number of amides is 2. The molecular formula is C17H13NO4. The van der Waals surface area contributed by atoms with E-state index < -0.39 is 0 Å². The van der Waals surface area contributed by atoms with Gasteiger partial charge >= 0.3 is 0 Å². The predicted octanol–water partition coefficient (Wildman–Crippen LogP) is 2.52. The zero-order chi connectivity index (χ0) is 15.3.